The van der Waals surface area contributed by atoms with Crippen LogP contribution in [0.1, 0.15) is 0 Å². The SMILES string of the molecule is COC1=CC=CC(OC)C1CN. The summed E-state index contributed by atoms with van der Waals surface area (Å²) >= 11 is 0. The van der Waals surface area contributed by atoms with Crippen LogP contribution in [0.25, 0.3) is 0 Å². The van der Waals surface area contributed by atoms with E-state index in [9.17, 15) is 0 Å². The van der Waals surface area contributed by atoms with Crippen LogP contribution in [0, 0.1) is 5.92 Å². The molecule has 3 nitrogen and oxygen atoms in total. The summed E-state index contributed by atoms with van der Waals surface area (Å²) in [6.45, 7) is 0.544. The largest absolute Gasteiger partial charge is 0.501 e. The minimum Gasteiger partial charge on any atom is -0.501 e. The number of hydrogen-bond donors (Lipinski definition) is 1. The molecule has 1 rings (SSSR count). The Balaban J connectivity index is 2.73. The Morgan fingerprint density at radius 3 is 2.75 bits per heavy atom. The van der Waals surface area contributed by atoms with Crippen LogP contribution in [-0.2, 0) is 9.47 Å². The molecule has 3 heteroatoms. The van der Waals surface area contributed by atoms with Crippen LogP contribution >= 0.6 is 0 Å². The third-order valence-corrected chi connectivity index (χ3v) is 2.09. The number of nitrogens with two attached hydrogens (primary N) is 1. The first-order valence-electron chi connectivity index (χ1n) is 3.98. The van der Waals surface area contributed by atoms with Gasteiger partial charge in [-0.25, -0.2) is 0 Å². The molecule has 0 saturated carbocycles. The smallest absolute Gasteiger partial charge is 0.103 e. The van der Waals surface area contributed by atoms with Gasteiger partial charge in [-0.1, -0.05) is 12.2 Å². The Morgan fingerprint density at radius 2 is 2.25 bits per heavy atom. The van der Waals surface area contributed by atoms with Gasteiger partial charge >= 0.3 is 0 Å². The van der Waals surface area contributed by atoms with Gasteiger partial charge in [0.25, 0.3) is 0 Å². The number of allylic oxidation sites excluding steroid dienone is 2. The third-order valence-electron chi connectivity index (χ3n) is 2.09. The van der Waals surface area contributed by atoms with E-state index >= 15 is 0 Å². The van der Waals surface area contributed by atoms with Crippen molar-refractivity contribution >= 4 is 0 Å². The normalized spacial score (nSPS) is 28.4. The van der Waals surface area contributed by atoms with Gasteiger partial charge in [0, 0.05) is 13.7 Å². The molecular formula is C9H15NO2. The van der Waals surface area contributed by atoms with Crippen molar-refractivity contribution in [2.24, 2.45) is 11.7 Å². The predicted molar refractivity (Wildman–Crippen MR) is 47.6 cm³/mol. The summed E-state index contributed by atoms with van der Waals surface area (Å²) in [4.78, 5) is 0. The van der Waals surface area contributed by atoms with Gasteiger partial charge in [0.15, 0.2) is 0 Å². The second-order valence-electron chi connectivity index (χ2n) is 2.70. The maximum atomic E-state index is 5.60. The zero-order chi connectivity index (χ0) is 8.97. The Bertz CT molecular complexity index is 199. The Kier molecular flexibility index (Phi) is 3.31. The Morgan fingerprint density at radius 1 is 1.50 bits per heavy atom. The van der Waals surface area contributed by atoms with Crippen molar-refractivity contribution in [1.29, 1.82) is 0 Å². The van der Waals surface area contributed by atoms with Crippen molar-refractivity contribution in [2.75, 3.05) is 20.8 Å². The van der Waals surface area contributed by atoms with Crippen molar-refractivity contribution in [3.63, 3.8) is 0 Å². The second kappa shape index (κ2) is 4.28. The zero-order valence-electron chi connectivity index (χ0n) is 7.49. The topological polar surface area (TPSA) is 44.5 Å². The van der Waals surface area contributed by atoms with Crippen LogP contribution in [0.4, 0.5) is 0 Å². The third kappa shape index (κ3) is 1.68. The lowest BCUT2D eigenvalue weighted by Gasteiger charge is -2.26. The molecule has 68 valence electrons. The fourth-order valence-corrected chi connectivity index (χ4v) is 1.39. The number of rotatable bonds is 3. The molecule has 2 N–H and O–H groups in total. The quantitative estimate of drug-likeness (QED) is 0.675. The van der Waals surface area contributed by atoms with Crippen LogP contribution in [0.5, 0.6) is 0 Å². The van der Waals surface area contributed by atoms with Crippen LogP contribution in [-0.4, -0.2) is 26.9 Å². The van der Waals surface area contributed by atoms with Crippen molar-refractivity contribution in [3.8, 4) is 0 Å². The summed E-state index contributed by atoms with van der Waals surface area (Å²) in [5.74, 6) is 1.05. The van der Waals surface area contributed by atoms with Gasteiger partial charge in [0.05, 0.1) is 19.1 Å². The van der Waals surface area contributed by atoms with Crippen LogP contribution in [0.15, 0.2) is 24.0 Å². The van der Waals surface area contributed by atoms with Crippen LogP contribution < -0.4 is 5.73 Å². The van der Waals surface area contributed by atoms with Crippen molar-refractivity contribution < 1.29 is 9.47 Å². The lowest BCUT2D eigenvalue weighted by molar-refractivity contribution is 0.0780. The molecule has 0 saturated heterocycles. The first-order chi connectivity index (χ1) is 5.83. The van der Waals surface area contributed by atoms with Gasteiger partial charge in [-0.15, -0.1) is 0 Å². The maximum absolute atomic E-state index is 5.60. The molecule has 2 atom stereocenters. The van der Waals surface area contributed by atoms with Crippen LogP contribution in [0.2, 0.25) is 0 Å². The summed E-state index contributed by atoms with van der Waals surface area (Å²) in [5, 5.41) is 0. The monoisotopic (exact) mass is 169 g/mol. The fourth-order valence-electron chi connectivity index (χ4n) is 1.39. The lowest BCUT2D eigenvalue weighted by atomic mass is 9.95. The molecular weight excluding hydrogens is 154 g/mol. The average Bonchev–Trinajstić information content (AvgIpc) is 2.16. The molecule has 0 bridgehead atoms. The molecule has 0 aliphatic heterocycles. The molecule has 12 heavy (non-hydrogen) atoms. The van der Waals surface area contributed by atoms with E-state index in [2.05, 4.69) is 0 Å². The highest BCUT2D eigenvalue weighted by Gasteiger charge is 2.24. The van der Waals surface area contributed by atoms with Crippen molar-refractivity contribution in [3.05, 3.63) is 24.0 Å². The molecule has 0 amide bonds. The van der Waals surface area contributed by atoms with Crippen molar-refractivity contribution in [1.82, 2.24) is 0 Å². The highest BCUT2D eigenvalue weighted by molar-refractivity contribution is 5.20. The van der Waals surface area contributed by atoms with Gasteiger partial charge in [-0.2, -0.15) is 0 Å². The van der Waals surface area contributed by atoms with Gasteiger partial charge < -0.3 is 15.2 Å². The van der Waals surface area contributed by atoms with Gasteiger partial charge in [-0.3, -0.25) is 0 Å². The predicted octanol–water partition coefficient (Wildman–Crippen LogP) is 0.676. The molecule has 0 spiro atoms. The minimum atomic E-state index is 0.0509. The molecule has 0 heterocycles. The number of ether oxygens (including phenoxy) is 2. The van der Waals surface area contributed by atoms with E-state index in [0.29, 0.717) is 6.54 Å². The fraction of sp³-hybridized carbons (Fsp3) is 0.556. The second-order valence-corrected chi connectivity index (χ2v) is 2.70. The van der Waals surface area contributed by atoms with E-state index < -0.39 is 0 Å². The summed E-state index contributed by atoms with van der Waals surface area (Å²) in [6, 6.07) is 0. The molecule has 1 aliphatic carbocycles. The summed E-state index contributed by atoms with van der Waals surface area (Å²) in [7, 11) is 3.33. The van der Waals surface area contributed by atoms with Gasteiger partial charge in [0.2, 0.25) is 0 Å². The van der Waals surface area contributed by atoms with E-state index in [1.807, 2.05) is 18.2 Å². The highest BCUT2D eigenvalue weighted by Crippen LogP contribution is 2.22. The van der Waals surface area contributed by atoms with E-state index in [-0.39, 0.29) is 12.0 Å². The molecule has 0 fully saturated rings. The molecule has 2 unspecified atom stereocenters. The van der Waals surface area contributed by atoms with Crippen LogP contribution in [0.3, 0.4) is 0 Å². The van der Waals surface area contributed by atoms with E-state index in [0.717, 1.165) is 5.76 Å². The molecule has 0 aromatic heterocycles. The Hall–Kier alpha value is -0.800. The first-order valence-corrected chi connectivity index (χ1v) is 3.98. The van der Waals surface area contributed by atoms with Crippen molar-refractivity contribution in [2.45, 2.75) is 6.10 Å². The van der Waals surface area contributed by atoms with E-state index in [1.54, 1.807) is 14.2 Å². The summed E-state index contributed by atoms with van der Waals surface area (Å²) in [6.07, 6.45) is 5.89. The highest BCUT2D eigenvalue weighted by atomic mass is 16.5. The number of hydrogen-bond acceptors (Lipinski definition) is 3. The molecule has 0 aromatic carbocycles. The average molecular weight is 169 g/mol. The standard InChI is InChI=1S/C9H15NO2/c1-11-8-4-3-5-9(12-2)7(8)6-10/h3-5,7-8H,6,10H2,1-2H3. The van der Waals surface area contributed by atoms with E-state index in [1.165, 1.54) is 0 Å². The van der Waals surface area contributed by atoms with Gasteiger partial charge in [-0.05, 0) is 6.08 Å². The first kappa shape index (κ1) is 9.29. The molecule has 1 aliphatic rings. The minimum absolute atomic E-state index is 0.0509. The number of methoxy groups -OCH3 is 2. The van der Waals surface area contributed by atoms with Gasteiger partial charge in [0.1, 0.15) is 5.76 Å². The zero-order valence-corrected chi connectivity index (χ0v) is 7.49. The maximum Gasteiger partial charge on any atom is 0.103 e. The lowest BCUT2D eigenvalue weighted by Crippen LogP contribution is -2.31. The summed E-state index contributed by atoms with van der Waals surface area (Å²) < 4.78 is 10.4. The Labute approximate surface area is 72.8 Å². The molecule has 0 radical (unpaired) electrons. The molecule has 0 aromatic rings. The summed E-state index contributed by atoms with van der Waals surface area (Å²) in [5.41, 5.74) is 5.60. The van der Waals surface area contributed by atoms with E-state index in [4.69, 9.17) is 15.2 Å².